The predicted molar refractivity (Wildman–Crippen MR) is 101 cm³/mol. The van der Waals surface area contributed by atoms with E-state index in [2.05, 4.69) is 0 Å². The highest BCUT2D eigenvalue weighted by molar-refractivity contribution is 7.82. The number of aliphatic hydroxyl groups excluding tert-OH is 1. The molecule has 0 bridgehead atoms. The first-order chi connectivity index (χ1) is 12.6. The summed E-state index contributed by atoms with van der Waals surface area (Å²) in [5, 5.41) is 21.1. The minimum Gasteiger partial charge on any atom is -0.506 e. The van der Waals surface area contributed by atoms with E-state index in [1.54, 1.807) is 60.7 Å². The number of halogens is 1. The number of rotatable bonds is 4. The van der Waals surface area contributed by atoms with Crippen molar-refractivity contribution in [3.05, 3.63) is 102 Å². The summed E-state index contributed by atoms with van der Waals surface area (Å²) < 4.78 is 27.3. The van der Waals surface area contributed by atoms with E-state index >= 15 is 0 Å². The van der Waals surface area contributed by atoms with E-state index in [4.69, 9.17) is 0 Å². The SMILES string of the molecule is N#C/C(=C(/O)c1ccc(F)cc1)P(=O)(c1ccccc1)c1ccccc1. The lowest BCUT2D eigenvalue weighted by Gasteiger charge is -2.19. The number of nitrogens with zero attached hydrogens (tertiary/aromatic N) is 1. The van der Waals surface area contributed by atoms with Crippen LogP contribution in [0.5, 0.6) is 0 Å². The maximum absolute atomic E-state index is 14.1. The van der Waals surface area contributed by atoms with Crippen LogP contribution in [-0.4, -0.2) is 5.11 Å². The van der Waals surface area contributed by atoms with E-state index in [-0.39, 0.29) is 10.9 Å². The predicted octanol–water partition coefficient (Wildman–Crippen LogP) is 4.59. The fourth-order valence-corrected chi connectivity index (χ4v) is 5.27. The molecule has 3 rings (SSSR count). The summed E-state index contributed by atoms with van der Waals surface area (Å²) in [6.45, 7) is 0. The number of benzene rings is 3. The Bertz CT molecular complexity index is 980. The molecule has 26 heavy (non-hydrogen) atoms. The van der Waals surface area contributed by atoms with Gasteiger partial charge < -0.3 is 9.67 Å². The van der Waals surface area contributed by atoms with E-state index in [0.717, 1.165) is 0 Å². The second kappa shape index (κ2) is 7.39. The van der Waals surface area contributed by atoms with Gasteiger partial charge in [0.1, 0.15) is 23.0 Å². The summed E-state index contributed by atoms with van der Waals surface area (Å²) in [6, 6.07) is 24.2. The molecule has 0 spiro atoms. The molecule has 1 N–H and O–H groups in total. The van der Waals surface area contributed by atoms with Gasteiger partial charge in [-0.15, -0.1) is 0 Å². The van der Waals surface area contributed by atoms with Gasteiger partial charge in [0.15, 0.2) is 7.14 Å². The van der Waals surface area contributed by atoms with Gasteiger partial charge in [-0.05, 0) is 24.3 Å². The number of aliphatic hydroxyl groups is 1. The summed E-state index contributed by atoms with van der Waals surface area (Å²) in [5.41, 5.74) is 0.232. The molecule has 0 aliphatic rings. The Hall–Kier alpha value is -3.15. The van der Waals surface area contributed by atoms with Gasteiger partial charge >= 0.3 is 0 Å². The van der Waals surface area contributed by atoms with Crippen molar-refractivity contribution < 1.29 is 14.1 Å². The summed E-state index contributed by atoms with van der Waals surface area (Å²) in [4.78, 5) is 0. The van der Waals surface area contributed by atoms with Crippen LogP contribution in [0.3, 0.4) is 0 Å². The summed E-state index contributed by atoms with van der Waals surface area (Å²) in [6.07, 6.45) is 0. The van der Waals surface area contributed by atoms with E-state index in [0.29, 0.717) is 10.6 Å². The van der Waals surface area contributed by atoms with Crippen molar-refractivity contribution in [1.82, 2.24) is 0 Å². The van der Waals surface area contributed by atoms with E-state index in [9.17, 15) is 19.3 Å². The highest BCUT2D eigenvalue weighted by Crippen LogP contribution is 2.53. The Kier molecular flexibility index (Phi) is 5.02. The molecular weight excluding hydrogens is 348 g/mol. The van der Waals surface area contributed by atoms with Crippen LogP contribution in [-0.2, 0) is 4.57 Å². The lowest BCUT2D eigenvalue weighted by molar-refractivity contribution is 0.509. The standard InChI is InChI=1S/C21H15FNO2P/c22-17-13-11-16(12-14-17)21(24)20(15-23)26(25,18-7-3-1-4-8-18)19-9-5-2-6-10-19/h1-14,24H/b21-20-. The Morgan fingerprint density at radius 1 is 0.846 bits per heavy atom. The fraction of sp³-hybridized carbons (Fsp3) is 0. The molecule has 0 heterocycles. The Balaban J connectivity index is 2.30. The zero-order valence-electron chi connectivity index (χ0n) is 13.7. The second-order valence-electron chi connectivity index (χ2n) is 5.60. The fourth-order valence-electron chi connectivity index (χ4n) is 2.70. The van der Waals surface area contributed by atoms with Crippen molar-refractivity contribution >= 4 is 23.5 Å². The molecule has 3 aromatic rings. The third kappa shape index (κ3) is 3.18. The van der Waals surface area contributed by atoms with Crippen molar-refractivity contribution in [3.63, 3.8) is 0 Å². The third-order valence-electron chi connectivity index (χ3n) is 4.00. The van der Waals surface area contributed by atoms with Crippen molar-refractivity contribution in [3.8, 4) is 6.07 Å². The minimum absolute atomic E-state index is 0.232. The van der Waals surface area contributed by atoms with Crippen LogP contribution in [0.1, 0.15) is 5.56 Å². The largest absolute Gasteiger partial charge is 0.506 e. The molecule has 0 saturated heterocycles. The molecule has 3 nitrogen and oxygen atoms in total. The van der Waals surface area contributed by atoms with Crippen molar-refractivity contribution in [2.24, 2.45) is 0 Å². The van der Waals surface area contributed by atoms with Gasteiger partial charge in [0, 0.05) is 16.2 Å². The Morgan fingerprint density at radius 3 is 1.73 bits per heavy atom. The highest BCUT2D eigenvalue weighted by Gasteiger charge is 2.35. The zero-order chi connectivity index (χ0) is 18.6. The molecule has 0 fully saturated rings. The zero-order valence-corrected chi connectivity index (χ0v) is 14.6. The number of allylic oxidation sites excluding steroid dienone is 1. The highest BCUT2D eigenvalue weighted by atomic mass is 31.2. The van der Waals surface area contributed by atoms with Crippen LogP contribution in [0.2, 0.25) is 0 Å². The van der Waals surface area contributed by atoms with Gasteiger partial charge in [0.25, 0.3) is 0 Å². The first-order valence-electron chi connectivity index (χ1n) is 7.88. The quantitative estimate of drug-likeness (QED) is 0.419. The molecule has 128 valence electrons. The first-order valence-corrected chi connectivity index (χ1v) is 9.59. The summed E-state index contributed by atoms with van der Waals surface area (Å²) in [7, 11) is -3.59. The summed E-state index contributed by atoms with van der Waals surface area (Å²) in [5.74, 6) is -0.877. The number of nitriles is 1. The maximum Gasteiger partial charge on any atom is 0.184 e. The van der Waals surface area contributed by atoms with Crippen LogP contribution in [0, 0.1) is 17.1 Å². The average Bonchev–Trinajstić information content (AvgIpc) is 2.70. The van der Waals surface area contributed by atoms with Gasteiger partial charge in [-0.3, -0.25) is 0 Å². The Labute approximate surface area is 151 Å². The van der Waals surface area contributed by atoms with Gasteiger partial charge in [0.05, 0.1) is 0 Å². The van der Waals surface area contributed by atoms with Crippen molar-refractivity contribution in [2.45, 2.75) is 0 Å². The number of hydrogen-bond donors (Lipinski definition) is 1. The molecule has 0 unspecified atom stereocenters. The van der Waals surface area contributed by atoms with E-state index < -0.39 is 18.7 Å². The second-order valence-corrected chi connectivity index (χ2v) is 8.29. The summed E-state index contributed by atoms with van der Waals surface area (Å²) >= 11 is 0. The van der Waals surface area contributed by atoms with Crippen LogP contribution in [0.15, 0.2) is 90.2 Å². The molecule has 0 radical (unpaired) electrons. The lowest BCUT2D eigenvalue weighted by Crippen LogP contribution is -2.17. The van der Waals surface area contributed by atoms with Crippen LogP contribution in [0.25, 0.3) is 5.76 Å². The van der Waals surface area contributed by atoms with E-state index in [1.165, 1.54) is 24.3 Å². The molecule has 0 amide bonds. The Morgan fingerprint density at radius 2 is 1.31 bits per heavy atom. The average molecular weight is 363 g/mol. The monoisotopic (exact) mass is 363 g/mol. The van der Waals surface area contributed by atoms with Crippen LogP contribution < -0.4 is 10.6 Å². The van der Waals surface area contributed by atoms with Gasteiger partial charge in [-0.1, -0.05) is 60.7 Å². The van der Waals surface area contributed by atoms with Crippen molar-refractivity contribution in [1.29, 1.82) is 5.26 Å². The van der Waals surface area contributed by atoms with Gasteiger partial charge in [-0.25, -0.2) is 4.39 Å². The topological polar surface area (TPSA) is 61.1 Å². The maximum atomic E-state index is 14.1. The normalized spacial score (nSPS) is 12.2. The minimum atomic E-state index is -3.59. The van der Waals surface area contributed by atoms with Gasteiger partial charge in [-0.2, -0.15) is 5.26 Å². The van der Waals surface area contributed by atoms with Crippen LogP contribution >= 0.6 is 7.14 Å². The van der Waals surface area contributed by atoms with Gasteiger partial charge in [0.2, 0.25) is 0 Å². The third-order valence-corrected chi connectivity index (χ3v) is 6.99. The molecule has 0 atom stereocenters. The molecule has 0 aliphatic heterocycles. The molecule has 0 saturated carbocycles. The first kappa shape index (κ1) is 17.7. The lowest BCUT2D eigenvalue weighted by atomic mass is 10.2. The van der Waals surface area contributed by atoms with Crippen molar-refractivity contribution in [2.75, 3.05) is 0 Å². The smallest absolute Gasteiger partial charge is 0.184 e. The van der Waals surface area contributed by atoms with E-state index in [1.807, 2.05) is 6.07 Å². The number of hydrogen-bond acceptors (Lipinski definition) is 3. The molecular formula is C21H15FNO2P. The van der Waals surface area contributed by atoms with Crippen LogP contribution in [0.4, 0.5) is 4.39 Å². The molecule has 5 heteroatoms. The molecule has 3 aromatic carbocycles. The molecule has 0 aromatic heterocycles. The molecule has 0 aliphatic carbocycles.